The number of halogens is 3. The highest BCUT2D eigenvalue weighted by Gasteiger charge is 2.32. The van der Waals surface area contributed by atoms with Gasteiger partial charge in [-0.1, -0.05) is 12.8 Å². The first kappa shape index (κ1) is 17.9. The molecule has 1 N–H and O–H groups in total. The Morgan fingerprint density at radius 3 is 2.17 bits per heavy atom. The van der Waals surface area contributed by atoms with Crippen LogP contribution in [0.15, 0.2) is 0 Å². The Hall–Kier alpha value is -1.47. The van der Waals surface area contributed by atoms with E-state index in [-0.39, 0.29) is 24.0 Å². The zero-order chi connectivity index (χ0) is 16.9. The maximum atomic E-state index is 11.9. The van der Waals surface area contributed by atoms with E-state index in [4.69, 9.17) is 4.74 Å². The predicted molar refractivity (Wildman–Crippen MR) is 74.6 cm³/mol. The van der Waals surface area contributed by atoms with Crippen LogP contribution in [0.3, 0.4) is 0 Å². The van der Waals surface area contributed by atoms with Crippen molar-refractivity contribution in [1.82, 2.24) is 5.32 Å². The Morgan fingerprint density at radius 2 is 1.61 bits per heavy atom. The largest absolute Gasteiger partial charge is 0.462 e. The summed E-state index contributed by atoms with van der Waals surface area (Å²) in [5, 5.41) is 2.42. The van der Waals surface area contributed by atoms with Crippen LogP contribution in [0.4, 0.5) is 18.0 Å². The van der Waals surface area contributed by atoms with Crippen molar-refractivity contribution in [1.29, 1.82) is 0 Å². The summed E-state index contributed by atoms with van der Waals surface area (Å²) in [5.41, 5.74) is 0. The lowest BCUT2D eigenvalue weighted by molar-refractivity contribution is -0.160. The molecule has 2 fully saturated rings. The molecule has 0 unspecified atom stereocenters. The molecule has 0 atom stereocenters. The number of carbonyl (C=O) groups is 2. The van der Waals surface area contributed by atoms with Crippen LogP contribution >= 0.6 is 0 Å². The second kappa shape index (κ2) is 7.88. The second-order valence-electron chi connectivity index (χ2n) is 6.23. The predicted octanol–water partition coefficient (Wildman–Crippen LogP) is 3.32. The molecule has 2 saturated carbocycles. The Kier molecular flexibility index (Phi) is 6.12. The van der Waals surface area contributed by atoms with Crippen molar-refractivity contribution in [3.8, 4) is 0 Å². The second-order valence-corrected chi connectivity index (χ2v) is 6.23. The highest BCUT2D eigenvalue weighted by atomic mass is 19.4. The van der Waals surface area contributed by atoms with E-state index in [9.17, 15) is 22.8 Å². The first-order valence-corrected chi connectivity index (χ1v) is 8.04. The fourth-order valence-electron chi connectivity index (χ4n) is 3.10. The first-order valence-electron chi connectivity index (χ1n) is 8.04. The highest BCUT2D eigenvalue weighted by Crippen LogP contribution is 2.28. The number of ether oxygens (including phenoxy) is 2. The lowest BCUT2D eigenvalue weighted by atomic mass is 9.93. The van der Waals surface area contributed by atoms with Gasteiger partial charge >= 0.3 is 18.2 Å². The van der Waals surface area contributed by atoms with Crippen LogP contribution in [0, 0.1) is 5.92 Å². The van der Waals surface area contributed by atoms with E-state index in [2.05, 4.69) is 10.1 Å². The van der Waals surface area contributed by atoms with E-state index in [1.807, 2.05) is 0 Å². The molecule has 0 heterocycles. The summed E-state index contributed by atoms with van der Waals surface area (Å²) in [4.78, 5) is 23.2. The zero-order valence-electron chi connectivity index (χ0n) is 12.9. The topological polar surface area (TPSA) is 64.6 Å². The molecule has 0 aromatic carbocycles. The SMILES string of the molecule is O=C(NC1CCC(OC(=O)C2CCCC2)CC1)OCC(F)(F)F. The van der Waals surface area contributed by atoms with Crippen molar-refractivity contribution < 1.29 is 32.2 Å². The molecule has 1 amide bonds. The molecule has 0 aliphatic heterocycles. The molecule has 23 heavy (non-hydrogen) atoms. The maximum Gasteiger partial charge on any atom is 0.422 e. The van der Waals surface area contributed by atoms with Crippen LogP contribution in [0.1, 0.15) is 51.4 Å². The fourth-order valence-corrected chi connectivity index (χ4v) is 3.10. The molecule has 5 nitrogen and oxygen atoms in total. The first-order chi connectivity index (χ1) is 10.8. The average Bonchev–Trinajstić information content (AvgIpc) is 3.01. The monoisotopic (exact) mass is 337 g/mol. The van der Waals surface area contributed by atoms with Crippen LogP contribution < -0.4 is 5.32 Å². The number of alkyl carbamates (subject to hydrolysis) is 1. The van der Waals surface area contributed by atoms with Crippen LogP contribution in [0.2, 0.25) is 0 Å². The van der Waals surface area contributed by atoms with E-state index >= 15 is 0 Å². The van der Waals surface area contributed by atoms with Gasteiger partial charge in [0.2, 0.25) is 0 Å². The molecule has 0 radical (unpaired) electrons. The molecule has 2 rings (SSSR count). The van der Waals surface area contributed by atoms with E-state index in [1.165, 1.54) is 0 Å². The fraction of sp³-hybridized carbons (Fsp3) is 0.867. The van der Waals surface area contributed by atoms with Crippen molar-refractivity contribution in [3.63, 3.8) is 0 Å². The van der Waals surface area contributed by atoms with Crippen LogP contribution in [-0.2, 0) is 14.3 Å². The molecule has 0 aromatic heterocycles. The van der Waals surface area contributed by atoms with Gasteiger partial charge in [-0.05, 0) is 38.5 Å². The van der Waals surface area contributed by atoms with Crippen LogP contribution in [-0.4, -0.2) is 37.0 Å². The number of nitrogens with one attached hydrogen (secondary N) is 1. The summed E-state index contributed by atoms with van der Waals surface area (Å²) < 4.78 is 45.4. The van der Waals surface area contributed by atoms with Crippen molar-refractivity contribution >= 4 is 12.1 Å². The molecule has 132 valence electrons. The quantitative estimate of drug-likeness (QED) is 0.799. The minimum Gasteiger partial charge on any atom is -0.462 e. The minimum absolute atomic E-state index is 0.0168. The summed E-state index contributed by atoms with van der Waals surface area (Å²) in [7, 11) is 0. The van der Waals surface area contributed by atoms with Gasteiger partial charge in [0.15, 0.2) is 6.61 Å². The van der Waals surface area contributed by atoms with Crippen LogP contribution in [0.5, 0.6) is 0 Å². The van der Waals surface area contributed by atoms with E-state index in [1.54, 1.807) is 0 Å². The van der Waals surface area contributed by atoms with E-state index in [0.29, 0.717) is 25.7 Å². The molecule has 0 aromatic rings. The molecular formula is C15H22F3NO4. The van der Waals surface area contributed by atoms with Gasteiger partial charge in [-0.3, -0.25) is 4.79 Å². The normalized spacial score (nSPS) is 25.9. The molecule has 0 bridgehead atoms. The minimum atomic E-state index is -4.52. The Labute approximate surface area is 132 Å². The van der Waals surface area contributed by atoms with Gasteiger partial charge in [-0.25, -0.2) is 4.79 Å². The van der Waals surface area contributed by atoms with Gasteiger partial charge in [0.1, 0.15) is 6.10 Å². The van der Waals surface area contributed by atoms with Gasteiger partial charge in [0.25, 0.3) is 0 Å². The molecule has 2 aliphatic rings. The van der Waals surface area contributed by atoms with Gasteiger partial charge in [-0.2, -0.15) is 13.2 Å². The summed E-state index contributed by atoms with van der Waals surface area (Å²) >= 11 is 0. The summed E-state index contributed by atoms with van der Waals surface area (Å²) in [6.45, 7) is -1.59. The van der Waals surface area contributed by atoms with Crippen molar-refractivity contribution in [2.24, 2.45) is 5.92 Å². The third-order valence-electron chi connectivity index (χ3n) is 4.33. The number of amides is 1. The summed E-state index contributed by atoms with van der Waals surface area (Å²) in [5.74, 6) is -0.119. The standard InChI is InChI=1S/C15H22F3NO4/c16-15(17,18)9-22-14(21)19-11-5-7-12(8-6-11)23-13(20)10-3-1-2-4-10/h10-12H,1-9H2,(H,19,21). The van der Waals surface area contributed by atoms with Crippen molar-refractivity contribution in [2.75, 3.05) is 6.61 Å². The molecule has 2 aliphatic carbocycles. The zero-order valence-corrected chi connectivity index (χ0v) is 12.9. The maximum absolute atomic E-state index is 11.9. The third kappa shape index (κ3) is 6.27. The molecular weight excluding hydrogens is 315 g/mol. The number of hydrogen-bond acceptors (Lipinski definition) is 4. The van der Waals surface area contributed by atoms with E-state index in [0.717, 1.165) is 25.7 Å². The van der Waals surface area contributed by atoms with Gasteiger partial charge < -0.3 is 14.8 Å². The molecule has 0 saturated heterocycles. The van der Waals surface area contributed by atoms with Gasteiger partial charge in [-0.15, -0.1) is 0 Å². The Morgan fingerprint density at radius 1 is 1.00 bits per heavy atom. The summed E-state index contributed by atoms with van der Waals surface area (Å²) in [6, 6.07) is -0.239. The highest BCUT2D eigenvalue weighted by molar-refractivity contribution is 5.72. The molecule has 0 spiro atoms. The van der Waals surface area contributed by atoms with E-state index < -0.39 is 18.9 Å². The van der Waals surface area contributed by atoms with Crippen molar-refractivity contribution in [3.05, 3.63) is 0 Å². The lowest BCUT2D eigenvalue weighted by Crippen LogP contribution is -2.40. The van der Waals surface area contributed by atoms with Crippen molar-refractivity contribution in [2.45, 2.75) is 69.7 Å². The van der Waals surface area contributed by atoms with Crippen LogP contribution in [0.25, 0.3) is 0 Å². The van der Waals surface area contributed by atoms with Gasteiger partial charge in [0, 0.05) is 6.04 Å². The van der Waals surface area contributed by atoms with Gasteiger partial charge in [0.05, 0.1) is 5.92 Å². The lowest BCUT2D eigenvalue weighted by Gasteiger charge is -2.29. The Bertz CT molecular complexity index is 413. The number of hydrogen-bond donors (Lipinski definition) is 1. The number of alkyl halides is 3. The number of carbonyl (C=O) groups excluding carboxylic acids is 2. The number of esters is 1. The average molecular weight is 337 g/mol. The third-order valence-corrected chi connectivity index (χ3v) is 4.33. The summed E-state index contributed by atoms with van der Waals surface area (Å²) in [6.07, 6.45) is 0.484. The Balaban J connectivity index is 1.63. The number of rotatable bonds is 4. The molecule has 8 heteroatoms. The smallest absolute Gasteiger partial charge is 0.422 e.